The smallest absolute Gasteiger partial charge is 0.303 e. The molecule has 1 unspecified atom stereocenters. The van der Waals surface area contributed by atoms with E-state index in [1.54, 1.807) is 18.2 Å². The minimum absolute atomic E-state index is 0.118. The molecule has 1 aromatic carbocycles. The molecule has 5 heteroatoms. The Morgan fingerprint density at radius 3 is 2.63 bits per heavy atom. The molecule has 0 fully saturated rings. The van der Waals surface area contributed by atoms with Gasteiger partial charge < -0.3 is 10.4 Å². The van der Waals surface area contributed by atoms with Gasteiger partial charge in [0.25, 0.3) is 5.91 Å². The van der Waals surface area contributed by atoms with Crippen LogP contribution in [-0.2, 0) is 4.79 Å². The summed E-state index contributed by atoms with van der Waals surface area (Å²) in [6.07, 6.45) is 0.664. The fourth-order valence-corrected chi connectivity index (χ4v) is 2.00. The highest BCUT2D eigenvalue weighted by Crippen LogP contribution is 2.14. The lowest BCUT2D eigenvalue weighted by Crippen LogP contribution is -2.28. The molecule has 0 bridgehead atoms. The zero-order valence-corrected chi connectivity index (χ0v) is 11.8. The molecule has 2 N–H and O–H groups in total. The van der Waals surface area contributed by atoms with E-state index in [2.05, 4.69) is 5.32 Å². The number of aryl methyl sites for hydroxylation is 1. The lowest BCUT2D eigenvalue weighted by molar-refractivity contribution is -0.137. The third-order valence-electron chi connectivity index (χ3n) is 2.77. The molecule has 0 spiro atoms. The molecule has 1 atom stereocenters. The predicted molar refractivity (Wildman–Crippen MR) is 74.6 cm³/mol. The van der Waals surface area contributed by atoms with Crippen molar-refractivity contribution in [2.24, 2.45) is 5.92 Å². The number of aliphatic carboxylic acids is 1. The first kappa shape index (κ1) is 15.5. The van der Waals surface area contributed by atoms with Crippen LogP contribution in [0.15, 0.2) is 18.2 Å². The van der Waals surface area contributed by atoms with Crippen LogP contribution in [0.5, 0.6) is 0 Å². The lowest BCUT2D eigenvalue weighted by atomic mass is 10.1. The quantitative estimate of drug-likeness (QED) is 0.843. The third-order valence-corrected chi connectivity index (χ3v) is 2.98. The van der Waals surface area contributed by atoms with E-state index >= 15 is 0 Å². The highest BCUT2D eigenvalue weighted by Gasteiger charge is 2.10. The van der Waals surface area contributed by atoms with Crippen molar-refractivity contribution in [3.05, 3.63) is 34.3 Å². The highest BCUT2D eigenvalue weighted by molar-refractivity contribution is 6.31. The van der Waals surface area contributed by atoms with Crippen LogP contribution in [0.3, 0.4) is 0 Å². The zero-order valence-electron chi connectivity index (χ0n) is 11.1. The molecule has 4 nitrogen and oxygen atoms in total. The van der Waals surface area contributed by atoms with Gasteiger partial charge in [-0.15, -0.1) is 0 Å². The molecule has 19 heavy (non-hydrogen) atoms. The van der Waals surface area contributed by atoms with Gasteiger partial charge in [0, 0.05) is 23.6 Å². The van der Waals surface area contributed by atoms with Crippen LogP contribution in [0, 0.1) is 12.8 Å². The van der Waals surface area contributed by atoms with Gasteiger partial charge in [0.1, 0.15) is 0 Å². The number of hydrogen-bond donors (Lipinski definition) is 2. The number of carboxylic acid groups (broad SMARTS) is 1. The van der Waals surface area contributed by atoms with Crippen LogP contribution in [0.4, 0.5) is 0 Å². The first-order valence-corrected chi connectivity index (χ1v) is 6.53. The number of carbonyl (C=O) groups excluding carboxylic acids is 1. The third kappa shape index (κ3) is 5.75. The van der Waals surface area contributed by atoms with Gasteiger partial charge in [-0.2, -0.15) is 0 Å². The van der Waals surface area contributed by atoms with Crippen molar-refractivity contribution < 1.29 is 14.7 Å². The minimum Gasteiger partial charge on any atom is -0.481 e. The van der Waals surface area contributed by atoms with Crippen LogP contribution in [0.2, 0.25) is 5.02 Å². The lowest BCUT2D eigenvalue weighted by Gasteiger charge is -2.12. The molecule has 1 aromatic rings. The first-order chi connectivity index (χ1) is 8.88. The van der Waals surface area contributed by atoms with Crippen molar-refractivity contribution in [3.63, 3.8) is 0 Å². The van der Waals surface area contributed by atoms with Gasteiger partial charge in [0.05, 0.1) is 0 Å². The summed E-state index contributed by atoms with van der Waals surface area (Å²) in [5.41, 5.74) is 1.45. The maximum Gasteiger partial charge on any atom is 0.303 e. The molecule has 104 valence electrons. The number of amides is 1. The molecule has 1 amide bonds. The number of hydrogen-bond acceptors (Lipinski definition) is 2. The molecular formula is C14H18ClNO3. The molecule has 0 saturated carbocycles. The standard InChI is InChI=1S/C14H18ClNO3/c1-9(3-4-13(17)18)8-16-14(19)11-5-10(2)6-12(15)7-11/h5-7,9H,3-4,8H2,1-2H3,(H,16,19)(H,17,18). The molecule has 0 saturated heterocycles. The summed E-state index contributed by atoms with van der Waals surface area (Å²) in [7, 11) is 0. The van der Waals surface area contributed by atoms with Gasteiger partial charge in [0.15, 0.2) is 0 Å². The van der Waals surface area contributed by atoms with Crippen molar-refractivity contribution in [2.75, 3.05) is 6.54 Å². The topological polar surface area (TPSA) is 66.4 Å². The molecule has 0 aromatic heterocycles. The summed E-state index contributed by atoms with van der Waals surface area (Å²) >= 11 is 5.90. The van der Waals surface area contributed by atoms with Crippen molar-refractivity contribution >= 4 is 23.5 Å². The fraction of sp³-hybridized carbons (Fsp3) is 0.429. The Labute approximate surface area is 117 Å². The second-order valence-corrected chi connectivity index (χ2v) is 5.20. The van der Waals surface area contributed by atoms with Crippen LogP contribution in [0.25, 0.3) is 0 Å². The van der Waals surface area contributed by atoms with Crippen LogP contribution in [-0.4, -0.2) is 23.5 Å². The number of benzene rings is 1. The molecular weight excluding hydrogens is 266 g/mol. The average Bonchev–Trinajstić information content (AvgIpc) is 2.32. The van der Waals surface area contributed by atoms with Crippen molar-refractivity contribution in [2.45, 2.75) is 26.7 Å². The Hall–Kier alpha value is -1.55. The van der Waals surface area contributed by atoms with Gasteiger partial charge in [-0.05, 0) is 43.0 Å². The number of halogens is 1. The number of nitrogens with one attached hydrogen (secondary N) is 1. The van der Waals surface area contributed by atoms with Crippen molar-refractivity contribution in [1.82, 2.24) is 5.32 Å². The van der Waals surface area contributed by atoms with Gasteiger partial charge in [-0.3, -0.25) is 9.59 Å². The summed E-state index contributed by atoms with van der Waals surface area (Å²) in [5, 5.41) is 11.9. The summed E-state index contributed by atoms with van der Waals surface area (Å²) in [5.74, 6) is -0.878. The normalized spacial score (nSPS) is 11.9. The first-order valence-electron chi connectivity index (χ1n) is 6.15. The highest BCUT2D eigenvalue weighted by atomic mass is 35.5. The van der Waals surface area contributed by atoms with E-state index in [1.807, 2.05) is 13.8 Å². The van der Waals surface area contributed by atoms with E-state index in [9.17, 15) is 9.59 Å². The van der Waals surface area contributed by atoms with Crippen LogP contribution in [0.1, 0.15) is 35.7 Å². The molecule has 0 aliphatic rings. The molecule has 0 aliphatic heterocycles. The number of carbonyl (C=O) groups is 2. The minimum atomic E-state index is -0.816. The molecule has 1 rings (SSSR count). The maximum atomic E-state index is 11.9. The summed E-state index contributed by atoms with van der Waals surface area (Å²) < 4.78 is 0. The van der Waals surface area contributed by atoms with E-state index < -0.39 is 5.97 Å². The SMILES string of the molecule is Cc1cc(Cl)cc(C(=O)NCC(C)CCC(=O)O)c1. The Bertz CT molecular complexity index is 454. The summed E-state index contributed by atoms with van der Waals surface area (Å²) in [6, 6.07) is 5.17. The Morgan fingerprint density at radius 2 is 2.05 bits per heavy atom. The zero-order chi connectivity index (χ0) is 14.4. The van der Waals surface area contributed by atoms with Crippen molar-refractivity contribution in [3.8, 4) is 0 Å². The number of carboxylic acids is 1. The second kappa shape index (κ2) is 7.14. The van der Waals surface area contributed by atoms with Gasteiger partial charge in [0.2, 0.25) is 0 Å². The van der Waals surface area contributed by atoms with E-state index in [1.165, 1.54) is 0 Å². The Kier molecular flexibility index (Phi) is 5.83. The molecule has 0 heterocycles. The molecule has 0 aliphatic carbocycles. The Morgan fingerprint density at radius 1 is 1.37 bits per heavy atom. The maximum absolute atomic E-state index is 11.9. The van der Waals surface area contributed by atoms with Crippen molar-refractivity contribution in [1.29, 1.82) is 0 Å². The van der Waals surface area contributed by atoms with E-state index in [0.29, 0.717) is 23.6 Å². The predicted octanol–water partition coefficient (Wildman–Crippen LogP) is 2.88. The summed E-state index contributed by atoms with van der Waals surface area (Å²) in [4.78, 5) is 22.3. The van der Waals surface area contributed by atoms with Gasteiger partial charge >= 0.3 is 5.97 Å². The fourth-order valence-electron chi connectivity index (χ4n) is 1.71. The van der Waals surface area contributed by atoms with E-state index in [4.69, 9.17) is 16.7 Å². The largest absolute Gasteiger partial charge is 0.481 e. The van der Waals surface area contributed by atoms with Gasteiger partial charge in [-0.1, -0.05) is 18.5 Å². The van der Waals surface area contributed by atoms with Gasteiger partial charge in [-0.25, -0.2) is 0 Å². The van der Waals surface area contributed by atoms with E-state index in [-0.39, 0.29) is 18.2 Å². The number of rotatable bonds is 6. The Balaban J connectivity index is 2.48. The second-order valence-electron chi connectivity index (χ2n) is 4.76. The monoisotopic (exact) mass is 283 g/mol. The summed E-state index contributed by atoms with van der Waals surface area (Å²) in [6.45, 7) is 4.24. The van der Waals surface area contributed by atoms with Crippen LogP contribution >= 0.6 is 11.6 Å². The van der Waals surface area contributed by atoms with E-state index in [0.717, 1.165) is 5.56 Å². The van der Waals surface area contributed by atoms with Crippen LogP contribution < -0.4 is 5.32 Å². The average molecular weight is 284 g/mol. The molecule has 0 radical (unpaired) electrons.